The smallest absolute Gasteiger partial charge is 0.163 e. The molecule has 0 radical (unpaired) electrons. The maximum absolute atomic E-state index is 12.4. The van der Waals surface area contributed by atoms with Gasteiger partial charge in [-0.05, 0) is 76.6 Å². The number of fused-ring (bicyclic) bond motifs is 5. The van der Waals surface area contributed by atoms with Crippen LogP contribution >= 0.6 is 0 Å². The van der Waals surface area contributed by atoms with Gasteiger partial charge in [0.15, 0.2) is 5.78 Å². The predicted molar refractivity (Wildman–Crippen MR) is 133 cm³/mol. The van der Waals surface area contributed by atoms with Crippen LogP contribution in [0.3, 0.4) is 0 Å². The van der Waals surface area contributed by atoms with Crippen LogP contribution in [-0.4, -0.2) is 5.78 Å². The second-order valence-electron chi connectivity index (χ2n) is 8.89. The fourth-order valence-electron chi connectivity index (χ4n) is 5.67. The van der Waals surface area contributed by atoms with E-state index in [2.05, 4.69) is 62.4 Å². The average molecular weight is 413 g/mol. The quantitative estimate of drug-likeness (QED) is 0.464. The maximum Gasteiger partial charge on any atom is 0.163 e. The van der Waals surface area contributed by atoms with Gasteiger partial charge in [0, 0.05) is 17.9 Å². The van der Waals surface area contributed by atoms with E-state index in [1.165, 1.54) is 64.6 Å². The predicted octanol–water partition coefficient (Wildman–Crippen LogP) is 8.51. The summed E-state index contributed by atoms with van der Waals surface area (Å²) in [7, 11) is 0. The van der Waals surface area contributed by atoms with Gasteiger partial charge in [-0.2, -0.15) is 0 Å². The van der Waals surface area contributed by atoms with E-state index in [0.29, 0.717) is 18.1 Å². The Morgan fingerprint density at radius 2 is 1.74 bits per heavy atom. The van der Waals surface area contributed by atoms with Crippen molar-refractivity contribution >= 4 is 11.4 Å². The molecule has 0 bridgehead atoms. The van der Waals surface area contributed by atoms with Crippen LogP contribution in [0.1, 0.15) is 105 Å². The molecule has 0 spiro atoms. The van der Waals surface area contributed by atoms with E-state index in [0.717, 1.165) is 24.3 Å². The van der Waals surface area contributed by atoms with Gasteiger partial charge < -0.3 is 0 Å². The van der Waals surface area contributed by atoms with Crippen LogP contribution in [0.25, 0.3) is 16.7 Å². The summed E-state index contributed by atoms with van der Waals surface area (Å²) in [5, 5.41) is 0. The van der Waals surface area contributed by atoms with Crippen LogP contribution in [0.2, 0.25) is 0 Å². The number of benzene rings is 2. The lowest BCUT2D eigenvalue weighted by Crippen LogP contribution is -2.03. The number of allylic oxidation sites excluding steroid dienone is 4. The molecule has 3 aliphatic rings. The molecule has 0 fully saturated rings. The van der Waals surface area contributed by atoms with Gasteiger partial charge in [0.2, 0.25) is 0 Å². The Kier molecular flexibility index (Phi) is 6.60. The van der Waals surface area contributed by atoms with Crippen molar-refractivity contribution in [1.82, 2.24) is 0 Å². The summed E-state index contributed by atoms with van der Waals surface area (Å²) in [6, 6.07) is 11.5. The van der Waals surface area contributed by atoms with Crippen LogP contribution in [0.4, 0.5) is 0 Å². The van der Waals surface area contributed by atoms with Crippen LogP contribution < -0.4 is 0 Å². The van der Waals surface area contributed by atoms with Crippen LogP contribution in [0, 0.1) is 5.92 Å². The van der Waals surface area contributed by atoms with Crippen molar-refractivity contribution in [1.29, 1.82) is 0 Å². The van der Waals surface area contributed by atoms with Crippen molar-refractivity contribution in [3.8, 4) is 11.1 Å². The number of carbonyl (C=O) groups excluding carboxylic acids is 1. The SMILES string of the molecule is CC.CCC(CC)CCC1c2ccc(C3=CCC=C3)cc2-c2c1ccc1c2CCC1=O. The summed E-state index contributed by atoms with van der Waals surface area (Å²) in [5.74, 6) is 1.61. The van der Waals surface area contributed by atoms with Crippen molar-refractivity contribution in [2.24, 2.45) is 5.92 Å². The zero-order valence-corrected chi connectivity index (χ0v) is 19.6. The second kappa shape index (κ2) is 9.39. The highest BCUT2D eigenvalue weighted by Gasteiger charge is 2.34. The van der Waals surface area contributed by atoms with Gasteiger partial charge in [-0.1, -0.05) is 83.0 Å². The molecule has 1 atom stereocenters. The third-order valence-corrected chi connectivity index (χ3v) is 7.44. The summed E-state index contributed by atoms with van der Waals surface area (Å²) < 4.78 is 0. The summed E-state index contributed by atoms with van der Waals surface area (Å²) in [5.41, 5.74) is 10.6. The summed E-state index contributed by atoms with van der Waals surface area (Å²) in [4.78, 5) is 12.4. The highest BCUT2D eigenvalue weighted by atomic mass is 16.1. The van der Waals surface area contributed by atoms with Crippen molar-refractivity contribution in [3.05, 3.63) is 76.4 Å². The molecule has 0 saturated heterocycles. The van der Waals surface area contributed by atoms with E-state index in [9.17, 15) is 4.79 Å². The number of Topliss-reactive ketones (excluding diaryl/α,β-unsaturated/α-hetero) is 1. The molecule has 1 unspecified atom stereocenters. The molecule has 0 aromatic heterocycles. The highest BCUT2D eigenvalue weighted by molar-refractivity contribution is 6.04. The first kappa shape index (κ1) is 21.8. The van der Waals surface area contributed by atoms with Gasteiger partial charge in [-0.25, -0.2) is 0 Å². The molecule has 0 saturated carbocycles. The molecule has 0 N–H and O–H groups in total. The van der Waals surface area contributed by atoms with Crippen molar-refractivity contribution in [2.75, 3.05) is 0 Å². The summed E-state index contributed by atoms with van der Waals surface area (Å²) >= 11 is 0. The third-order valence-electron chi connectivity index (χ3n) is 7.44. The molecular formula is C30H36O. The van der Waals surface area contributed by atoms with E-state index in [1.807, 2.05) is 13.8 Å². The molecular weight excluding hydrogens is 376 g/mol. The van der Waals surface area contributed by atoms with Crippen LogP contribution in [-0.2, 0) is 6.42 Å². The minimum atomic E-state index is 0.322. The third kappa shape index (κ3) is 3.84. The van der Waals surface area contributed by atoms with Gasteiger partial charge >= 0.3 is 0 Å². The summed E-state index contributed by atoms with van der Waals surface area (Å²) in [6.45, 7) is 8.64. The Morgan fingerprint density at radius 3 is 2.45 bits per heavy atom. The molecule has 0 amide bonds. The number of carbonyl (C=O) groups is 1. The number of rotatable bonds is 6. The number of ketones is 1. The number of hydrogen-bond acceptors (Lipinski definition) is 1. The lowest BCUT2D eigenvalue weighted by atomic mass is 9.86. The lowest BCUT2D eigenvalue weighted by Gasteiger charge is -2.18. The first-order valence-corrected chi connectivity index (χ1v) is 12.4. The fraction of sp³-hybridized carbons (Fsp3) is 0.433. The van der Waals surface area contributed by atoms with Gasteiger partial charge in [-0.15, -0.1) is 0 Å². The van der Waals surface area contributed by atoms with E-state index in [1.54, 1.807) is 0 Å². The minimum Gasteiger partial charge on any atom is -0.294 e. The van der Waals surface area contributed by atoms with Gasteiger partial charge in [0.25, 0.3) is 0 Å². The maximum atomic E-state index is 12.4. The molecule has 1 heteroatoms. The normalized spacial score (nSPS) is 17.9. The standard InChI is InChI=1S/C28H30O.C2H6/c1-3-18(4-2)9-11-21-22-12-10-20(19-7-5-6-8-19)17-26(22)28-24(21)14-13-23-25(28)15-16-27(23)29;1-2/h5,7-8,10,12-14,17-18,21H,3-4,6,9,11,15-16H2,1-2H3;1-2H3. The van der Waals surface area contributed by atoms with Crippen molar-refractivity contribution in [3.63, 3.8) is 0 Å². The van der Waals surface area contributed by atoms with Gasteiger partial charge in [0.1, 0.15) is 0 Å². The Morgan fingerprint density at radius 1 is 0.968 bits per heavy atom. The van der Waals surface area contributed by atoms with Crippen molar-refractivity contribution < 1.29 is 4.79 Å². The average Bonchev–Trinajstić information content (AvgIpc) is 3.54. The Hall–Kier alpha value is -2.41. The largest absolute Gasteiger partial charge is 0.294 e. The van der Waals surface area contributed by atoms with Gasteiger partial charge in [-0.3, -0.25) is 4.79 Å². The zero-order valence-electron chi connectivity index (χ0n) is 19.6. The first-order chi connectivity index (χ1) is 15.2. The molecule has 5 rings (SSSR count). The molecule has 2 aromatic carbocycles. The van der Waals surface area contributed by atoms with E-state index < -0.39 is 0 Å². The Bertz CT molecular complexity index is 1030. The van der Waals surface area contributed by atoms with E-state index in [4.69, 9.17) is 0 Å². The molecule has 0 heterocycles. The molecule has 31 heavy (non-hydrogen) atoms. The Balaban J connectivity index is 0.00000112. The molecule has 2 aromatic rings. The molecule has 0 aliphatic heterocycles. The van der Waals surface area contributed by atoms with E-state index >= 15 is 0 Å². The van der Waals surface area contributed by atoms with E-state index in [-0.39, 0.29) is 0 Å². The summed E-state index contributed by atoms with van der Waals surface area (Å²) in [6.07, 6.45) is 14.4. The zero-order chi connectivity index (χ0) is 22.0. The van der Waals surface area contributed by atoms with Crippen molar-refractivity contribution in [2.45, 2.75) is 78.6 Å². The fourth-order valence-corrected chi connectivity index (χ4v) is 5.67. The number of hydrogen-bond donors (Lipinski definition) is 0. The lowest BCUT2D eigenvalue weighted by molar-refractivity contribution is 0.0994. The molecule has 162 valence electrons. The minimum absolute atomic E-state index is 0.322. The topological polar surface area (TPSA) is 17.1 Å². The van der Waals surface area contributed by atoms with Crippen LogP contribution in [0.5, 0.6) is 0 Å². The highest BCUT2D eigenvalue weighted by Crippen LogP contribution is 2.51. The second-order valence-corrected chi connectivity index (χ2v) is 8.89. The van der Waals surface area contributed by atoms with Gasteiger partial charge in [0.05, 0.1) is 0 Å². The molecule has 3 aliphatic carbocycles. The first-order valence-electron chi connectivity index (χ1n) is 12.4. The monoisotopic (exact) mass is 412 g/mol. The van der Waals surface area contributed by atoms with Crippen LogP contribution in [0.15, 0.2) is 48.6 Å². The molecule has 1 nitrogen and oxygen atoms in total. The Labute approximate surface area is 188 Å².